The van der Waals surface area contributed by atoms with Crippen molar-refractivity contribution in [3.63, 3.8) is 0 Å². The van der Waals surface area contributed by atoms with Crippen LogP contribution in [0, 0.1) is 0 Å². The molecule has 2 N–H and O–H groups in total. The second kappa shape index (κ2) is 9.72. The molecule has 1 aliphatic rings. The summed E-state index contributed by atoms with van der Waals surface area (Å²) in [5.74, 6) is 0.625. The summed E-state index contributed by atoms with van der Waals surface area (Å²) in [7, 11) is 2.89. The molecule has 0 atom stereocenters. The maximum absolute atomic E-state index is 11.9. The van der Waals surface area contributed by atoms with E-state index in [-0.39, 0.29) is 17.9 Å². The zero-order valence-electron chi connectivity index (χ0n) is 19.1. The lowest BCUT2D eigenvalue weighted by molar-refractivity contribution is -0.112. The lowest BCUT2D eigenvalue weighted by atomic mass is 9.98. The van der Waals surface area contributed by atoms with Gasteiger partial charge in [0.2, 0.25) is 0 Å². The van der Waals surface area contributed by atoms with Gasteiger partial charge < -0.3 is 24.9 Å². The first kappa shape index (κ1) is 23.1. The Morgan fingerprint density at radius 3 is 2.53 bits per heavy atom. The Kier molecular flexibility index (Phi) is 7.02. The van der Waals surface area contributed by atoms with Crippen molar-refractivity contribution in [3.8, 4) is 11.5 Å². The van der Waals surface area contributed by atoms with Gasteiger partial charge in [0, 0.05) is 23.1 Å². The van der Waals surface area contributed by atoms with Crippen LogP contribution in [0.1, 0.15) is 49.4 Å². The quantitative estimate of drug-likeness (QED) is 0.475. The van der Waals surface area contributed by atoms with Gasteiger partial charge in [-0.2, -0.15) is 0 Å². The number of nitrogens with zero attached hydrogens (tertiary/aromatic N) is 2. The lowest BCUT2D eigenvalue weighted by Crippen LogP contribution is -2.26. The van der Waals surface area contributed by atoms with Crippen molar-refractivity contribution >= 4 is 17.3 Å². The first-order chi connectivity index (χ1) is 15.3. The number of rotatable bonds is 9. The minimum absolute atomic E-state index is 0.0311. The summed E-state index contributed by atoms with van der Waals surface area (Å²) in [6.07, 6.45) is 1.45. The molecule has 1 heterocycles. The van der Waals surface area contributed by atoms with Crippen LogP contribution in [0.2, 0.25) is 0 Å². The summed E-state index contributed by atoms with van der Waals surface area (Å²) < 4.78 is 12.4. The second-order valence-electron chi connectivity index (χ2n) is 8.01. The number of nitrogens with two attached hydrogens (primary N) is 1. The Bertz CT molecular complexity index is 1060. The Balaban J connectivity index is 1.99. The molecule has 8 nitrogen and oxygen atoms in total. The monoisotopic (exact) mass is 439 g/mol. The average molecular weight is 440 g/mol. The van der Waals surface area contributed by atoms with Crippen molar-refractivity contribution in [2.75, 3.05) is 14.2 Å². The molecule has 32 heavy (non-hydrogen) atoms. The Morgan fingerprint density at radius 1 is 1.16 bits per heavy atom. The number of hydrogen-bond acceptors (Lipinski definition) is 7. The molecule has 2 aromatic rings. The molecule has 0 saturated carbocycles. The van der Waals surface area contributed by atoms with E-state index in [2.05, 4.69) is 16.4 Å². The molecule has 1 amide bonds. The number of primary amides is 1. The van der Waals surface area contributed by atoms with Gasteiger partial charge >= 0.3 is 0 Å². The summed E-state index contributed by atoms with van der Waals surface area (Å²) in [6.45, 7) is 6.27. The van der Waals surface area contributed by atoms with Crippen molar-refractivity contribution in [2.45, 2.75) is 45.8 Å². The van der Waals surface area contributed by atoms with Gasteiger partial charge in [-0.15, -0.1) is 0 Å². The third-order valence-corrected chi connectivity index (χ3v) is 5.07. The van der Waals surface area contributed by atoms with Crippen LogP contribution < -0.4 is 15.2 Å². The second-order valence-corrected chi connectivity index (χ2v) is 8.01. The highest BCUT2D eigenvalue weighted by atomic mass is 16.6. The van der Waals surface area contributed by atoms with Gasteiger partial charge in [0.15, 0.2) is 17.2 Å². The van der Waals surface area contributed by atoms with Crippen molar-refractivity contribution in [1.82, 2.24) is 0 Å². The van der Waals surface area contributed by atoms with Gasteiger partial charge in [-0.25, -0.2) is 0 Å². The molecule has 0 aliphatic carbocycles. The van der Waals surface area contributed by atoms with Crippen LogP contribution in [-0.2, 0) is 27.5 Å². The number of carbonyl (C=O) groups is 1. The van der Waals surface area contributed by atoms with E-state index in [0.717, 1.165) is 28.8 Å². The molecular weight excluding hydrogens is 410 g/mol. The Labute approximate surface area is 188 Å². The number of benzene rings is 2. The molecule has 0 fully saturated rings. The summed E-state index contributed by atoms with van der Waals surface area (Å²) in [5, 5.41) is 7.94. The van der Waals surface area contributed by atoms with Gasteiger partial charge in [-0.3, -0.25) is 4.79 Å². The highest BCUT2D eigenvalue weighted by molar-refractivity contribution is 6.45. The minimum atomic E-state index is -0.685. The Hall–Kier alpha value is -3.55. The number of ether oxygens (including phenoxy) is 2. The van der Waals surface area contributed by atoms with E-state index in [1.807, 2.05) is 39.0 Å². The molecule has 8 heteroatoms. The van der Waals surface area contributed by atoms with Crippen LogP contribution >= 0.6 is 0 Å². The van der Waals surface area contributed by atoms with Crippen molar-refractivity contribution in [2.24, 2.45) is 16.0 Å². The van der Waals surface area contributed by atoms with Gasteiger partial charge in [-0.1, -0.05) is 41.5 Å². The van der Waals surface area contributed by atoms with E-state index in [1.54, 1.807) is 12.1 Å². The molecule has 0 unspecified atom stereocenters. The maximum Gasteiger partial charge on any atom is 0.271 e. The van der Waals surface area contributed by atoms with E-state index in [4.69, 9.17) is 24.9 Å². The minimum Gasteiger partial charge on any atom is -0.485 e. The molecule has 170 valence electrons. The van der Waals surface area contributed by atoms with Crippen molar-refractivity contribution in [1.29, 1.82) is 0 Å². The van der Waals surface area contributed by atoms with Gasteiger partial charge in [0.25, 0.3) is 5.91 Å². The number of carbonyl (C=O) groups excluding carboxylic acids is 1. The predicted molar refractivity (Wildman–Crippen MR) is 122 cm³/mol. The zero-order valence-corrected chi connectivity index (χ0v) is 19.1. The van der Waals surface area contributed by atoms with Gasteiger partial charge in [0.05, 0.1) is 5.71 Å². The van der Waals surface area contributed by atoms with Crippen LogP contribution in [0.5, 0.6) is 11.5 Å². The molecule has 0 radical (unpaired) electrons. The third-order valence-electron chi connectivity index (χ3n) is 5.07. The smallest absolute Gasteiger partial charge is 0.271 e. The number of oxime groups is 2. The van der Waals surface area contributed by atoms with E-state index < -0.39 is 5.91 Å². The summed E-state index contributed by atoms with van der Waals surface area (Å²) in [5.41, 5.74) is 9.24. The molecule has 0 saturated heterocycles. The largest absolute Gasteiger partial charge is 0.485 e. The fourth-order valence-electron chi connectivity index (χ4n) is 3.73. The molecule has 1 aliphatic heterocycles. The maximum atomic E-state index is 11.9. The first-order valence-corrected chi connectivity index (χ1v) is 10.4. The number of amides is 1. The van der Waals surface area contributed by atoms with Gasteiger partial charge in [0.1, 0.15) is 26.4 Å². The molecular formula is C24H29N3O5. The standard InChI is InChI=1S/C24H29N3O5/c1-6-19(26-29-4)16-11-17-13-24(2,3)32-22(17)20(12-16)31-14-15-9-7-8-10-18(15)21(23(25)28)27-30-5/h7-12H,6,13-14H2,1-5H3,(H2,25,28)/b26-19+,27-21?. The lowest BCUT2D eigenvalue weighted by Gasteiger charge is -2.19. The molecule has 0 spiro atoms. The number of fused-ring (bicyclic) bond motifs is 1. The molecule has 3 rings (SSSR count). The summed E-state index contributed by atoms with van der Waals surface area (Å²) in [4.78, 5) is 21.7. The predicted octanol–water partition coefficient (Wildman–Crippen LogP) is 3.58. The highest BCUT2D eigenvalue weighted by Crippen LogP contribution is 2.43. The molecule has 0 bridgehead atoms. The fourth-order valence-corrected chi connectivity index (χ4v) is 3.73. The van der Waals surface area contributed by atoms with Crippen molar-refractivity contribution in [3.05, 3.63) is 58.7 Å². The summed E-state index contributed by atoms with van der Waals surface area (Å²) in [6, 6.07) is 11.2. The van der Waals surface area contributed by atoms with Crippen LogP contribution in [-0.4, -0.2) is 37.2 Å². The van der Waals surface area contributed by atoms with E-state index >= 15 is 0 Å². The van der Waals surface area contributed by atoms with E-state index in [1.165, 1.54) is 14.2 Å². The van der Waals surface area contributed by atoms with Crippen LogP contribution in [0.25, 0.3) is 0 Å². The van der Waals surface area contributed by atoms with Crippen LogP contribution in [0.3, 0.4) is 0 Å². The van der Waals surface area contributed by atoms with E-state index in [9.17, 15) is 4.79 Å². The number of hydrogen-bond donors (Lipinski definition) is 1. The summed E-state index contributed by atoms with van der Waals surface area (Å²) >= 11 is 0. The third kappa shape index (κ3) is 5.01. The van der Waals surface area contributed by atoms with E-state index in [0.29, 0.717) is 23.5 Å². The SMILES string of the molecule is CC/C(=N\OC)c1cc2c(c(OCc3ccccc3C(=NOC)C(N)=O)c1)OC(C)(C)C2. The zero-order chi connectivity index (χ0) is 23.3. The normalized spacial score (nSPS) is 15.0. The Morgan fingerprint density at radius 2 is 1.88 bits per heavy atom. The average Bonchev–Trinajstić information content (AvgIpc) is 3.08. The molecule has 2 aromatic carbocycles. The van der Waals surface area contributed by atoms with Crippen LogP contribution in [0.4, 0.5) is 0 Å². The fraction of sp³-hybridized carbons (Fsp3) is 0.375. The highest BCUT2D eigenvalue weighted by Gasteiger charge is 2.33. The van der Waals surface area contributed by atoms with Crippen molar-refractivity contribution < 1.29 is 23.9 Å². The van der Waals surface area contributed by atoms with Crippen LogP contribution in [0.15, 0.2) is 46.7 Å². The first-order valence-electron chi connectivity index (χ1n) is 10.4. The molecule has 0 aromatic heterocycles. The van der Waals surface area contributed by atoms with Gasteiger partial charge in [-0.05, 0) is 38.0 Å². The topological polar surface area (TPSA) is 105 Å².